The zero-order valence-corrected chi connectivity index (χ0v) is 14.1. The lowest BCUT2D eigenvalue weighted by atomic mass is 9.98. The molecule has 1 N–H and O–H groups in total. The number of carbonyl (C=O) groups is 1. The summed E-state index contributed by atoms with van der Waals surface area (Å²) in [4.78, 5) is 14.3. The maximum atomic E-state index is 12.4. The zero-order valence-electron chi connectivity index (χ0n) is 12.5. The first kappa shape index (κ1) is 16.3. The summed E-state index contributed by atoms with van der Waals surface area (Å²) in [5.41, 5.74) is 0. The van der Waals surface area contributed by atoms with Crippen molar-refractivity contribution in [3.05, 3.63) is 28.7 Å². The fraction of sp³-hybridized carbons (Fsp3) is 0.562. The number of amides is 1. The van der Waals surface area contributed by atoms with E-state index in [0.717, 1.165) is 42.7 Å². The van der Waals surface area contributed by atoms with E-state index < -0.39 is 0 Å². The molecule has 1 aromatic carbocycles. The van der Waals surface area contributed by atoms with E-state index >= 15 is 0 Å². The highest BCUT2D eigenvalue weighted by Crippen LogP contribution is 2.16. The summed E-state index contributed by atoms with van der Waals surface area (Å²) in [6.45, 7) is 5.77. The predicted octanol–water partition coefficient (Wildman–Crippen LogP) is 2.68. The first-order valence-corrected chi connectivity index (χ1v) is 8.38. The molecule has 0 aliphatic carbocycles. The van der Waals surface area contributed by atoms with Crippen LogP contribution in [0, 0.1) is 5.92 Å². The fourth-order valence-corrected chi connectivity index (χ4v) is 2.81. The van der Waals surface area contributed by atoms with E-state index in [1.54, 1.807) is 0 Å². The molecule has 2 rings (SSSR count). The zero-order chi connectivity index (χ0) is 15.1. The molecular weight excluding hydrogens is 332 g/mol. The van der Waals surface area contributed by atoms with Crippen molar-refractivity contribution in [3.63, 3.8) is 0 Å². The number of likely N-dealkylation sites (N-methyl/N-ethyl adjacent to an activating group) is 1. The molecule has 1 heterocycles. The number of hydrogen-bond acceptors (Lipinski definition) is 3. The molecule has 0 bridgehead atoms. The van der Waals surface area contributed by atoms with Crippen LogP contribution in [0.2, 0.25) is 0 Å². The Balaban J connectivity index is 1.78. The number of nitrogens with zero attached hydrogens (tertiary/aromatic N) is 1. The van der Waals surface area contributed by atoms with Crippen molar-refractivity contribution in [1.82, 2.24) is 10.2 Å². The summed E-state index contributed by atoms with van der Waals surface area (Å²) < 4.78 is 6.73. The molecule has 0 saturated carbocycles. The second kappa shape index (κ2) is 8.39. The third kappa shape index (κ3) is 5.00. The van der Waals surface area contributed by atoms with Crippen LogP contribution in [0.5, 0.6) is 5.75 Å². The second-order valence-corrected chi connectivity index (χ2v) is 6.18. The molecular formula is C16H23BrN2O2. The average molecular weight is 355 g/mol. The van der Waals surface area contributed by atoms with Gasteiger partial charge < -0.3 is 15.0 Å². The highest BCUT2D eigenvalue weighted by atomic mass is 79.9. The molecule has 4 nitrogen and oxygen atoms in total. The number of rotatable bonds is 6. The molecule has 0 aromatic heterocycles. The smallest absolute Gasteiger partial charge is 0.227 e. The first-order valence-electron chi connectivity index (χ1n) is 7.58. The Bertz CT molecular complexity index is 444. The topological polar surface area (TPSA) is 41.6 Å². The fourth-order valence-electron chi connectivity index (χ4n) is 2.55. The van der Waals surface area contributed by atoms with E-state index in [1.807, 2.05) is 36.1 Å². The summed E-state index contributed by atoms with van der Waals surface area (Å²) in [7, 11) is 0. The van der Waals surface area contributed by atoms with Gasteiger partial charge in [0.1, 0.15) is 12.4 Å². The van der Waals surface area contributed by atoms with Gasteiger partial charge >= 0.3 is 0 Å². The van der Waals surface area contributed by atoms with Crippen LogP contribution in [0.25, 0.3) is 0 Å². The van der Waals surface area contributed by atoms with Gasteiger partial charge in [0.15, 0.2) is 0 Å². The maximum Gasteiger partial charge on any atom is 0.227 e. The largest absolute Gasteiger partial charge is 0.492 e. The van der Waals surface area contributed by atoms with Gasteiger partial charge in [-0.3, -0.25) is 4.79 Å². The molecule has 1 saturated heterocycles. The molecule has 21 heavy (non-hydrogen) atoms. The highest BCUT2D eigenvalue weighted by Gasteiger charge is 2.24. The Morgan fingerprint density at radius 2 is 2.19 bits per heavy atom. The van der Waals surface area contributed by atoms with Gasteiger partial charge in [-0.25, -0.2) is 0 Å². The molecule has 1 aliphatic heterocycles. The summed E-state index contributed by atoms with van der Waals surface area (Å²) in [6, 6.07) is 7.75. The van der Waals surface area contributed by atoms with E-state index in [9.17, 15) is 4.79 Å². The van der Waals surface area contributed by atoms with Gasteiger partial charge in [0.25, 0.3) is 0 Å². The van der Waals surface area contributed by atoms with Crippen molar-refractivity contribution in [3.8, 4) is 5.75 Å². The quantitative estimate of drug-likeness (QED) is 0.853. The lowest BCUT2D eigenvalue weighted by molar-refractivity contribution is -0.136. The third-order valence-corrected chi connectivity index (χ3v) is 4.31. The van der Waals surface area contributed by atoms with Crippen molar-refractivity contribution in [2.75, 3.05) is 32.8 Å². The molecule has 0 radical (unpaired) electrons. The molecule has 1 fully saturated rings. The minimum Gasteiger partial charge on any atom is -0.492 e. The normalized spacial score (nSPS) is 18.3. The molecule has 116 valence electrons. The number of hydrogen-bond donors (Lipinski definition) is 1. The Kier molecular flexibility index (Phi) is 6.51. The molecule has 1 unspecified atom stereocenters. The van der Waals surface area contributed by atoms with Crippen molar-refractivity contribution in [2.24, 2.45) is 5.92 Å². The first-order chi connectivity index (χ1) is 10.2. The van der Waals surface area contributed by atoms with Crippen LogP contribution in [0.3, 0.4) is 0 Å². The van der Waals surface area contributed by atoms with E-state index in [4.69, 9.17) is 4.74 Å². The van der Waals surface area contributed by atoms with Crippen LogP contribution < -0.4 is 10.1 Å². The Morgan fingerprint density at radius 3 is 2.81 bits per heavy atom. The van der Waals surface area contributed by atoms with Gasteiger partial charge in [-0.2, -0.15) is 0 Å². The lowest BCUT2D eigenvalue weighted by Gasteiger charge is -2.28. The Hall–Kier alpha value is -1.07. The third-order valence-electron chi connectivity index (χ3n) is 3.78. The molecule has 1 atom stereocenters. The summed E-state index contributed by atoms with van der Waals surface area (Å²) in [5, 5.41) is 3.30. The number of ether oxygens (including phenoxy) is 1. The number of benzene rings is 1. The Morgan fingerprint density at radius 1 is 1.43 bits per heavy atom. The number of carbonyl (C=O) groups excluding carboxylic acids is 1. The highest BCUT2D eigenvalue weighted by molar-refractivity contribution is 9.10. The van der Waals surface area contributed by atoms with E-state index in [-0.39, 0.29) is 11.8 Å². The molecule has 1 aromatic rings. The Labute approximate surface area is 135 Å². The minimum absolute atomic E-state index is 0.131. The van der Waals surface area contributed by atoms with Gasteiger partial charge in [0.2, 0.25) is 5.91 Å². The predicted molar refractivity (Wildman–Crippen MR) is 87.5 cm³/mol. The van der Waals surface area contributed by atoms with Crippen LogP contribution in [0.4, 0.5) is 0 Å². The van der Waals surface area contributed by atoms with Gasteiger partial charge in [-0.15, -0.1) is 0 Å². The van der Waals surface area contributed by atoms with Crippen molar-refractivity contribution >= 4 is 21.8 Å². The van der Waals surface area contributed by atoms with Crippen LogP contribution in [0.1, 0.15) is 19.8 Å². The van der Waals surface area contributed by atoms with Crippen LogP contribution in [-0.2, 0) is 4.79 Å². The lowest BCUT2D eigenvalue weighted by Crippen LogP contribution is -2.44. The minimum atomic E-state index is 0.131. The molecule has 1 aliphatic rings. The average Bonchev–Trinajstić information content (AvgIpc) is 2.53. The van der Waals surface area contributed by atoms with E-state index in [1.165, 1.54) is 0 Å². The van der Waals surface area contributed by atoms with Gasteiger partial charge in [-0.1, -0.05) is 15.9 Å². The van der Waals surface area contributed by atoms with Crippen LogP contribution >= 0.6 is 15.9 Å². The van der Waals surface area contributed by atoms with Crippen LogP contribution in [-0.4, -0.2) is 43.6 Å². The summed E-state index contributed by atoms with van der Waals surface area (Å²) >= 11 is 3.40. The SMILES string of the molecule is CCN(CCOc1ccc(Br)cc1)C(=O)C1CCCNC1. The standard InChI is InChI=1S/C16H23BrN2O2/c1-2-19(16(20)13-4-3-9-18-12-13)10-11-21-15-7-5-14(17)6-8-15/h5-8,13,18H,2-4,9-12H2,1H3. The van der Waals surface area contributed by atoms with E-state index in [0.29, 0.717) is 13.2 Å². The maximum absolute atomic E-state index is 12.4. The summed E-state index contributed by atoms with van der Waals surface area (Å²) in [6.07, 6.45) is 2.08. The molecule has 0 spiro atoms. The van der Waals surface area contributed by atoms with Crippen LogP contribution in [0.15, 0.2) is 28.7 Å². The van der Waals surface area contributed by atoms with Crippen molar-refractivity contribution in [1.29, 1.82) is 0 Å². The second-order valence-electron chi connectivity index (χ2n) is 5.26. The number of halogens is 1. The number of piperidine rings is 1. The van der Waals surface area contributed by atoms with Crippen molar-refractivity contribution < 1.29 is 9.53 Å². The number of nitrogens with one attached hydrogen (secondary N) is 1. The molecule has 1 amide bonds. The molecule has 5 heteroatoms. The van der Waals surface area contributed by atoms with Gasteiger partial charge in [0.05, 0.1) is 12.5 Å². The monoisotopic (exact) mass is 354 g/mol. The van der Waals surface area contributed by atoms with Gasteiger partial charge in [-0.05, 0) is 50.6 Å². The van der Waals surface area contributed by atoms with E-state index in [2.05, 4.69) is 21.2 Å². The van der Waals surface area contributed by atoms with Gasteiger partial charge in [0, 0.05) is 17.6 Å². The summed E-state index contributed by atoms with van der Waals surface area (Å²) in [5.74, 6) is 1.22. The van der Waals surface area contributed by atoms with Crippen molar-refractivity contribution in [2.45, 2.75) is 19.8 Å².